The fourth-order valence-electron chi connectivity index (χ4n) is 0.972. The zero-order chi connectivity index (χ0) is 9.68. The second-order valence-electron chi connectivity index (χ2n) is 2.56. The highest BCUT2D eigenvalue weighted by Gasteiger charge is 2.03. The molecule has 0 aliphatic carbocycles. The van der Waals surface area contributed by atoms with Gasteiger partial charge in [-0.15, -0.1) is 6.42 Å². The molecule has 2 nitrogen and oxygen atoms in total. The summed E-state index contributed by atoms with van der Waals surface area (Å²) in [5, 5.41) is 12.8. The average Bonchev–Trinajstić information content (AvgIpc) is 2.13. The van der Waals surface area contributed by atoms with Crippen molar-refractivity contribution in [3.05, 3.63) is 28.8 Å². The van der Waals surface area contributed by atoms with Crippen molar-refractivity contribution in [2.24, 2.45) is 0 Å². The zero-order valence-electron chi connectivity index (χ0n) is 7.05. The second-order valence-corrected chi connectivity index (χ2v) is 2.96. The molecule has 0 radical (unpaired) electrons. The Morgan fingerprint density at radius 1 is 1.54 bits per heavy atom. The maximum absolute atomic E-state index is 9.47. The molecule has 0 atom stereocenters. The molecule has 0 fully saturated rings. The van der Waals surface area contributed by atoms with Crippen LogP contribution in [0.3, 0.4) is 0 Å². The largest absolute Gasteiger partial charge is 0.506 e. The summed E-state index contributed by atoms with van der Waals surface area (Å²) < 4.78 is 0. The van der Waals surface area contributed by atoms with Gasteiger partial charge < -0.3 is 10.4 Å². The summed E-state index contributed by atoms with van der Waals surface area (Å²) >= 11 is 5.71. The molecule has 68 valence electrons. The fraction of sp³-hybridized carbons (Fsp3) is 0.200. The highest BCUT2D eigenvalue weighted by Crippen LogP contribution is 2.26. The minimum Gasteiger partial charge on any atom is -0.506 e. The van der Waals surface area contributed by atoms with Crippen LogP contribution in [0.4, 0.5) is 0 Å². The average molecular weight is 196 g/mol. The summed E-state index contributed by atoms with van der Waals surface area (Å²) in [6.45, 7) is 1.00. The zero-order valence-corrected chi connectivity index (χ0v) is 7.80. The number of benzene rings is 1. The summed E-state index contributed by atoms with van der Waals surface area (Å²) in [6, 6.07) is 5.22. The maximum atomic E-state index is 9.47. The van der Waals surface area contributed by atoms with E-state index in [4.69, 9.17) is 18.0 Å². The first-order valence-corrected chi connectivity index (χ1v) is 4.24. The quantitative estimate of drug-likeness (QED) is 0.569. The first-order chi connectivity index (χ1) is 6.25. The SMILES string of the molecule is C#CCNCc1cccc(Cl)c1O. The van der Waals surface area contributed by atoms with Crippen LogP contribution in [-0.2, 0) is 6.54 Å². The molecule has 1 aromatic carbocycles. The van der Waals surface area contributed by atoms with Gasteiger partial charge in [-0.1, -0.05) is 29.7 Å². The third-order valence-corrected chi connectivity index (χ3v) is 1.92. The minimum atomic E-state index is 0.119. The predicted octanol–water partition coefficient (Wildman–Crippen LogP) is 1.77. The summed E-state index contributed by atoms with van der Waals surface area (Å²) in [5.74, 6) is 2.57. The van der Waals surface area contributed by atoms with E-state index < -0.39 is 0 Å². The number of nitrogens with one attached hydrogen (secondary N) is 1. The van der Waals surface area contributed by atoms with Crippen molar-refractivity contribution in [3.8, 4) is 18.1 Å². The number of aromatic hydroxyl groups is 1. The topological polar surface area (TPSA) is 32.3 Å². The number of phenolic OH excluding ortho intramolecular Hbond substituents is 1. The summed E-state index contributed by atoms with van der Waals surface area (Å²) in [7, 11) is 0. The van der Waals surface area contributed by atoms with Crippen molar-refractivity contribution >= 4 is 11.6 Å². The lowest BCUT2D eigenvalue weighted by Gasteiger charge is -2.05. The van der Waals surface area contributed by atoms with Crippen molar-refractivity contribution in [3.63, 3.8) is 0 Å². The van der Waals surface area contributed by atoms with Gasteiger partial charge in [0.1, 0.15) is 5.75 Å². The highest BCUT2D eigenvalue weighted by molar-refractivity contribution is 6.32. The van der Waals surface area contributed by atoms with E-state index in [2.05, 4.69) is 11.2 Å². The molecule has 13 heavy (non-hydrogen) atoms. The van der Waals surface area contributed by atoms with Crippen LogP contribution in [0.25, 0.3) is 0 Å². The van der Waals surface area contributed by atoms with Crippen molar-refractivity contribution in [1.82, 2.24) is 5.32 Å². The summed E-state index contributed by atoms with van der Waals surface area (Å²) in [4.78, 5) is 0. The molecule has 0 bridgehead atoms. The van der Waals surface area contributed by atoms with Gasteiger partial charge in [0.25, 0.3) is 0 Å². The fourth-order valence-corrected chi connectivity index (χ4v) is 1.17. The van der Waals surface area contributed by atoms with Crippen molar-refractivity contribution in [2.45, 2.75) is 6.54 Å². The molecular weight excluding hydrogens is 186 g/mol. The predicted molar refractivity (Wildman–Crippen MR) is 53.7 cm³/mol. The molecular formula is C10H10ClNO. The van der Waals surface area contributed by atoms with Crippen LogP contribution in [-0.4, -0.2) is 11.7 Å². The van der Waals surface area contributed by atoms with Crippen molar-refractivity contribution in [1.29, 1.82) is 0 Å². The van der Waals surface area contributed by atoms with E-state index in [1.807, 2.05) is 0 Å². The van der Waals surface area contributed by atoms with E-state index in [0.29, 0.717) is 18.1 Å². The van der Waals surface area contributed by atoms with Gasteiger partial charge in [-0.2, -0.15) is 0 Å². The Bertz CT molecular complexity index is 330. The van der Waals surface area contributed by atoms with Gasteiger partial charge in [0.15, 0.2) is 0 Å². The molecule has 0 saturated carbocycles. The number of hydrogen-bond acceptors (Lipinski definition) is 2. The normalized spacial score (nSPS) is 9.54. The number of rotatable bonds is 3. The standard InChI is InChI=1S/C10H10ClNO/c1-2-6-12-7-8-4-3-5-9(11)10(8)13/h1,3-5,12-13H,6-7H2. The summed E-state index contributed by atoms with van der Waals surface area (Å²) in [5.41, 5.74) is 0.753. The smallest absolute Gasteiger partial charge is 0.138 e. The van der Waals surface area contributed by atoms with E-state index in [0.717, 1.165) is 5.56 Å². The third-order valence-electron chi connectivity index (χ3n) is 1.61. The van der Waals surface area contributed by atoms with Crippen LogP contribution < -0.4 is 5.32 Å². The monoisotopic (exact) mass is 195 g/mol. The van der Waals surface area contributed by atoms with Crippen LogP contribution >= 0.6 is 11.6 Å². The van der Waals surface area contributed by atoms with Crippen LogP contribution in [0.1, 0.15) is 5.56 Å². The first kappa shape index (κ1) is 9.91. The first-order valence-electron chi connectivity index (χ1n) is 3.86. The van der Waals surface area contributed by atoms with Gasteiger partial charge in [0.05, 0.1) is 11.6 Å². The van der Waals surface area contributed by atoms with Crippen LogP contribution in [0, 0.1) is 12.3 Å². The second kappa shape index (κ2) is 4.76. The van der Waals surface area contributed by atoms with Crippen LogP contribution in [0.15, 0.2) is 18.2 Å². The van der Waals surface area contributed by atoms with Gasteiger partial charge in [-0.05, 0) is 6.07 Å². The number of terminal acetylenes is 1. The van der Waals surface area contributed by atoms with Gasteiger partial charge in [-0.3, -0.25) is 0 Å². The van der Waals surface area contributed by atoms with Crippen LogP contribution in [0.2, 0.25) is 5.02 Å². The molecule has 0 saturated heterocycles. The molecule has 0 aromatic heterocycles. The van der Waals surface area contributed by atoms with E-state index in [-0.39, 0.29) is 5.75 Å². The van der Waals surface area contributed by atoms with Gasteiger partial charge in [0.2, 0.25) is 0 Å². The minimum absolute atomic E-state index is 0.119. The van der Waals surface area contributed by atoms with E-state index in [1.165, 1.54) is 0 Å². The van der Waals surface area contributed by atoms with E-state index in [1.54, 1.807) is 18.2 Å². The molecule has 0 spiro atoms. The molecule has 0 amide bonds. The molecule has 1 rings (SSSR count). The lowest BCUT2D eigenvalue weighted by molar-refractivity contribution is 0.466. The Morgan fingerprint density at radius 3 is 3.00 bits per heavy atom. The maximum Gasteiger partial charge on any atom is 0.138 e. The Kier molecular flexibility index (Phi) is 3.63. The number of phenols is 1. The van der Waals surface area contributed by atoms with Gasteiger partial charge in [0, 0.05) is 12.1 Å². The Hall–Kier alpha value is -1.17. The number of halogens is 1. The molecule has 3 heteroatoms. The molecule has 0 heterocycles. The Labute approximate surface area is 82.5 Å². The lowest BCUT2D eigenvalue weighted by atomic mass is 10.2. The van der Waals surface area contributed by atoms with Gasteiger partial charge >= 0.3 is 0 Å². The van der Waals surface area contributed by atoms with Gasteiger partial charge in [-0.25, -0.2) is 0 Å². The number of hydrogen-bond donors (Lipinski definition) is 2. The Morgan fingerprint density at radius 2 is 2.31 bits per heavy atom. The Balaban J connectivity index is 2.67. The van der Waals surface area contributed by atoms with E-state index in [9.17, 15) is 5.11 Å². The van der Waals surface area contributed by atoms with Crippen molar-refractivity contribution < 1.29 is 5.11 Å². The number of para-hydroxylation sites is 1. The van der Waals surface area contributed by atoms with E-state index >= 15 is 0 Å². The molecule has 0 aliphatic heterocycles. The highest BCUT2D eigenvalue weighted by atomic mass is 35.5. The molecule has 0 aliphatic rings. The molecule has 2 N–H and O–H groups in total. The lowest BCUT2D eigenvalue weighted by Crippen LogP contribution is -2.12. The molecule has 0 unspecified atom stereocenters. The van der Waals surface area contributed by atoms with Crippen LogP contribution in [0.5, 0.6) is 5.75 Å². The molecule has 1 aromatic rings. The van der Waals surface area contributed by atoms with Crippen molar-refractivity contribution in [2.75, 3.05) is 6.54 Å². The summed E-state index contributed by atoms with van der Waals surface area (Å²) in [6.07, 6.45) is 5.06. The third kappa shape index (κ3) is 2.66.